The highest BCUT2D eigenvalue weighted by Gasteiger charge is 2.13. The molecular weight excluding hydrogens is 132 g/mol. The molecule has 2 unspecified atom stereocenters. The third-order valence-corrected chi connectivity index (χ3v) is 5.81. The zero-order valence-corrected chi connectivity index (χ0v) is 7.62. The van der Waals surface area contributed by atoms with Gasteiger partial charge in [-0.3, -0.25) is 0 Å². The zero-order valence-electron chi connectivity index (χ0n) is 5.31. The first-order chi connectivity index (χ1) is 3.79. The van der Waals surface area contributed by atoms with Gasteiger partial charge in [-0.1, -0.05) is 6.92 Å². The van der Waals surface area contributed by atoms with Gasteiger partial charge in [-0.15, -0.1) is 0 Å². The Morgan fingerprint density at radius 1 is 1.75 bits per heavy atom. The highest BCUT2D eigenvalue weighted by molar-refractivity contribution is 6.65. The SMILES string of the molecule is CC1[CH][SiH]N[SiH](C)N1. The van der Waals surface area contributed by atoms with E-state index in [-0.39, 0.29) is 0 Å². The molecule has 1 saturated heterocycles. The maximum atomic E-state index is 3.47. The van der Waals surface area contributed by atoms with Crippen LogP contribution in [0.3, 0.4) is 0 Å². The van der Waals surface area contributed by atoms with Gasteiger partial charge in [0.15, 0.2) is 9.12 Å². The summed E-state index contributed by atoms with van der Waals surface area (Å²) in [6.45, 7) is 4.51. The molecular formula is C4H12N2Si2. The molecule has 46 valence electrons. The van der Waals surface area contributed by atoms with E-state index in [1.807, 2.05) is 0 Å². The number of hydrogen-bond acceptors (Lipinski definition) is 2. The Kier molecular flexibility index (Phi) is 2.24. The van der Waals surface area contributed by atoms with Crippen molar-refractivity contribution in [2.75, 3.05) is 0 Å². The average molecular weight is 144 g/mol. The minimum atomic E-state index is -0.647. The summed E-state index contributed by atoms with van der Waals surface area (Å²) in [5.41, 5.74) is 0. The fourth-order valence-corrected chi connectivity index (χ4v) is 4.35. The van der Waals surface area contributed by atoms with Gasteiger partial charge in [0.2, 0.25) is 0 Å². The number of rotatable bonds is 0. The molecule has 4 heteroatoms. The molecule has 0 amide bonds. The summed E-state index contributed by atoms with van der Waals surface area (Å²) >= 11 is 0. The molecule has 0 aromatic carbocycles. The van der Waals surface area contributed by atoms with Crippen molar-refractivity contribution in [3.8, 4) is 0 Å². The molecule has 2 N–H and O–H groups in total. The summed E-state index contributed by atoms with van der Waals surface area (Å²) < 4.78 is 3.47. The van der Waals surface area contributed by atoms with Crippen LogP contribution in [0, 0.1) is 6.04 Å². The van der Waals surface area contributed by atoms with Crippen molar-refractivity contribution in [3.63, 3.8) is 0 Å². The Morgan fingerprint density at radius 3 is 2.88 bits per heavy atom. The van der Waals surface area contributed by atoms with E-state index in [0.717, 1.165) is 0 Å². The van der Waals surface area contributed by atoms with Crippen LogP contribution in [0.15, 0.2) is 0 Å². The smallest absolute Gasteiger partial charge is 0.174 e. The molecule has 8 heavy (non-hydrogen) atoms. The van der Waals surface area contributed by atoms with Crippen molar-refractivity contribution >= 4 is 18.8 Å². The van der Waals surface area contributed by atoms with Crippen LogP contribution in [-0.4, -0.2) is 24.8 Å². The van der Waals surface area contributed by atoms with Crippen LogP contribution in [-0.2, 0) is 0 Å². The Hall–Kier alpha value is 0.354. The maximum Gasteiger partial charge on any atom is 0.174 e. The van der Waals surface area contributed by atoms with Crippen LogP contribution in [0.2, 0.25) is 6.55 Å². The second kappa shape index (κ2) is 2.77. The second-order valence-corrected chi connectivity index (χ2v) is 6.03. The lowest BCUT2D eigenvalue weighted by Crippen LogP contribution is -2.56. The Morgan fingerprint density at radius 2 is 2.50 bits per heavy atom. The topological polar surface area (TPSA) is 24.1 Å². The molecule has 0 aliphatic carbocycles. The van der Waals surface area contributed by atoms with Crippen molar-refractivity contribution < 1.29 is 0 Å². The molecule has 1 aliphatic heterocycles. The van der Waals surface area contributed by atoms with Crippen LogP contribution < -0.4 is 9.63 Å². The fraction of sp³-hybridized carbons (Fsp3) is 0.750. The maximum absolute atomic E-state index is 3.47. The van der Waals surface area contributed by atoms with Crippen molar-refractivity contribution in [3.05, 3.63) is 6.04 Å². The zero-order chi connectivity index (χ0) is 5.98. The minimum Gasteiger partial charge on any atom is -0.353 e. The normalized spacial score (nSPS) is 39.8. The third kappa shape index (κ3) is 1.70. The Labute approximate surface area is 54.7 Å². The lowest BCUT2D eigenvalue weighted by atomic mass is 10.4. The molecule has 2 atom stereocenters. The van der Waals surface area contributed by atoms with Crippen LogP contribution in [0.1, 0.15) is 6.92 Å². The summed E-state index contributed by atoms with van der Waals surface area (Å²) in [4.78, 5) is 3.47. The first-order valence-electron chi connectivity index (χ1n) is 2.98. The van der Waals surface area contributed by atoms with Gasteiger partial charge in [0.25, 0.3) is 0 Å². The number of hydrogen-bond donors (Lipinski definition) is 2. The predicted molar refractivity (Wildman–Crippen MR) is 40.2 cm³/mol. The van der Waals surface area contributed by atoms with Gasteiger partial charge in [-0.25, -0.2) is 0 Å². The van der Waals surface area contributed by atoms with E-state index in [0.29, 0.717) is 15.7 Å². The molecule has 2 radical (unpaired) electrons. The molecule has 0 saturated carbocycles. The highest BCUT2D eigenvalue weighted by atomic mass is 28.3. The van der Waals surface area contributed by atoms with Crippen LogP contribution in [0.5, 0.6) is 0 Å². The highest BCUT2D eigenvalue weighted by Crippen LogP contribution is 1.90. The van der Waals surface area contributed by atoms with Crippen molar-refractivity contribution in [1.82, 2.24) is 9.63 Å². The Balaban J connectivity index is 2.23. The Bertz CT molecular complexity index is 70.4. The quantitative estimate of drug-likeness (QED) is 0.423. The first kappa shape index (κ1) is 6.47. The van der Waals surface area contributed by atoms with E-state index in [2.05, 4.69) is 29.1 Å². The molecule has 0 aromatic rings. The van der Waals surface area contributed by atoms with Crippen molar-refractivity contribution in [2.24, 2.45) is 0 Å². The van der Waals surface area contributed by atoms with E-state index in [9.17, 15) is 0 Å². The lowest BCUT2D eigenvalue weighted by Gasteiger charge is -2.24. The molecule has 1 rings (SSSR count). The molecule has 1 fully saturated rings. The summed E-state index contributed by atoms with van der Waals surface area (Å²) in [5.74, 6) is 0. The van der Waals surface area contributed by atoms with Gasteiger partial charge in [-0.2, -0.15) is 0 Å². The van der Waals surface area contributed by atoms with E-state index < -0.39 is 9.12 Å². The van der Waals surface area contributed by atoms with Gasteiger partial charge in [0, 0.05) is 0 Å². The van der Waals surface area contributed by atoms with E-state index in [4.69, 9.17) is 0 Å². The molecule has 2 nitrogen and oxygen atoms in total. The van der Waals surface area contributed by atoms with Crippen molar-refractivity contribution in [2.45, 2.75) is 19.5 Å². The first-order valence-corrected chi connectivity index (χ1v) is 6.53. The van der Waals surface area contributed by atoms with Gasteiger partial charge >= 0.3 is 0 Å². The van der Waals surface area contributed by atoms with Crippen molar-refractivity contribution in [1.29, 1.82) is 0 Å². The average Bonchev–Trinajstić information content (AvgIpc) is 1.64. The van der Waals surface area contributed by atoms with Gasteiger partial charge in [-0.05, 0) is 18.6 Å². The molecule has 0 bridgehead atoms. The second-order valence-electron chi connectivity index (χ2n) is 2.20. The lowest BCUT2D eigenvalue weighted by molar-refractivity contribution is 0.776. The third-order valence-electron chi connectivity index (χ3n) is 1.24. The molecule has 1 aliphatic rings. The fourth-order valence-electron chi connectivity index (χ4n) is 0.842. The standard InChI is InChI=1S/C4H12N2Si2/c1-4-3-7-6-8(2)5-4/h3-8H,1-2H3. The van der Waals surface area contributed by atoms with Crippen LogP contribution in [0.25, 0.3) is 0 Å². The molecule has 0 aromatic heterocycles. The number of nitrogens with one attached hydrogen (secondary N) is 2. The summed E-state index contributed by atoms with van der Waals surface area (Å²) in [6.07, 6.45) is 0. The predicted octanol–water partition coefficient (Wildman–Crippen LogP) is -1.07. The summed E-state index contributed by atoms with van der Waals surface area (Å²) in [7, 11) is -0.184. The van der Waals surface area contributed by atoms with Crippen LogP contribution >= 0.6 is 0 Å². The van der Waals surface area contributed by atoms with Gasteiger partial charge < -0.3 is 9.63 Å². The molecule has 1 heterocycles. The monoisotopic (exact) mass is 144 g/mol. The summed E-state index contributed by atoms with van der Waals surface area (Å²) in [6, 6.07) is 3.01. The molecule has 0 spiro atoms. The summed E-state index contributed by atoms with van der Waals surface area (Å²) in [5, 5.41) is 0. The largest absolute Gasteiger partial charge is 0.353 e. The van der Waals surface area contributed by atoms with Gasteiger partial charge in [0.1, 0.15) is 9.68 Å². The van der Waals surface area contributed by atoms with E-state index in [1.54, 1.807) is 0 Å². The van der Waals surface area contributed by atoms with Crippen LogP contribution in [0.4, 0.5) is 0 Å². The van der Waals surface area contributed by atoms with E-state index >= 15 is 0 Å². The minimum absolute atomic E-state index is 0.462. The van der Waals surface area contributed by atoms with E-state index in [1.165, 1.54) is 0 Å². The van der Waals surface area contributed by atoms with Gasteiger partial charge in [0.05, 0.1) is 0 Å².